The van der Waals surface area contributed by atoms with Crippen molar-refractivity contribution in [2.45, 2.75) is 19.3 Å². The summed E-state index contributed by atoms with van der Waals surface area (Å²) in [6.45, 7) is 4.67. The maximum Gasteiger partial charge on any atom is 0.122 e. The van der Waals surface area contributed by atoms with E-state index in [1.807, 2.05) is 12.1 Å². The van der Waals surface area contributed by atoms with Crippen molar-refractivity contribution in [2.75, 3.05) is 40.3 Å². The van der Waals surface area contributed by atoms with Crippen LogP contribution in [0.2, 0.25) is 0 Å². The summed E-state index contributed by atoms with van der Waals surface area (Å²) in [5.74, 6) is 1.83. The molecule has 0 aliphatic carbocycles. The lowest BCUT2D eigenvalue weighted by Crippen LogP contribution is -2.37. The Hall–Kier alpha value is -1.06. The minimum Gasteiger partial charge on any atom is -0.496 e. The highest BCUT2D eigenvalue weighted by molar-refractivity contribution is 5.33. The van der Waals surface area contributed by atoms with Crippen molar-refractivity contribution in [3.63, 3.8) is 0 Å². The number of benzene rings is 1. The van der Waals surface area contributed by atoms with Crippen LogP contribution in [0.15, 0.2) is 24.3 Å². The summed E-state index contributed by atoms with van der Waals surface area (Å²) in [5.41, 5.74) is 1.30. The van der Waals surface area contributed by atoms with Gasteiger partial charge in [-0.3, -0.25) is 0 Å². The molecule has 2 rings (SSSR count). The van der Waals surface area contributed by atoms with Crippen LogP contribution in [0.3, 0.4) is 0 Å². The van der Waals surface area contributed by atoms with Crippen molar-refractivity contribution in [3.05, 3.63) is 29.8 Å². The molecule has 1 aromatic carbocycles. The number of nitrogens with one attached hydrogen (secondary N) is 1. The molecule has 0 amide bonds. The molecule has 1 saturated heterocycles. The van der Waals surface area contributed by atoms with Crippen molar-refractivity contribution >= 4 is 0 Å². The molecule has 106 valence electrons. The molecule has 0 radical (unpaired) electrons. The summed E-state index contributed by atoms with van der Waals surface area (Å²) >= 11 is 0. The van der Waals surface area contributed by atoms with Gasteiger partial charge in [0.05, 0.1) is 7.11 Å². The Morgan fingerprint density at radius 3 is 2.95 bits per heavy atom. The molecule has 3 heteroatoms. The summed E-state index contributed by atoms with van der Waals surface area (Å²) in [7, 11) is 3.97. The highest BCUT2D eigenvalue weighted by Crippen LogP contribution is 2.18. The summed E-state index contributed by atoms with van der Waals surface area (Å²) in [6.07, 6.45) is 3.75. The van der Waals surface area contributed by atoms with Gasteiger partial charge in [0.15, 0.2) is 0 Å². The van der Waals surface area contributed by atoms with Crippen LogP contribution < -0.4 is 10.1 Å². The van der Waals surface area contributed by atoms with Crippen LogP contribution in [-0.4, -0.2) is 45.2 Å². The highest BCUT2D eigenvalue weighted by atomic mass is 16.5. The first-order valence-electron chi connectivity index (χ1n) is 7.30. The van der Waals surface area contributed by atoms with E-state index >= 15 is 0 Å². The van der Waals surface area contributed by atoms with Gasteiger partial charge in [0, 0.05) is 13.1 Å². The van der Waals surface area contributed by atoms with Crippen LogP contribution in [0.25, 0.3) is 0 Å². The van der Waals surface area contributed by atoms with Gasteiger partial charge in [-0.05, 0) is 56.9 Å². The first kappa shape index (κ1) is 14.4. The molecule has 0 saturated carbocycles. The highest BCUT2D eigenvalue weighted by Gasteiger charge is 2.15. The molecule has 1 aliphatic rings. The van der Waals surface area contributed by atoms with Crippen molar-refractivity contribution in [2.24, 2.45) is 5.92 Å². The summed E-state index contributed by atoms with van der Waals surface area (Å²) < 4.78 is 5.40. The van der Waals surface area contributed by atoms with Gasteiger partial charge in [-0.15, -0.1) is 0 Å². The Kier molecular flexibility index (Phi) is 5.67. The van der Waals surface area contributed by atoms with Crippen LogP contribution in [-0.2, 0) is 6.42 Å². The predicted octanol–water partition coefficient (Wildman–Crippen LogP) is 2.17. The molecular weight excluding hydrogens is 236 g/mol. The normalized spacial score (nSPS) is 19.6. The third-order valence-electron chi connectivity index (χ3n) is 3.92. The molecule has 1 aliphatic heterocycles. The lowest BCUT2D eigenvalue weighted by atomic mass is 9.99. The largest absolute Gasteiger partial charge is 0.496 e. The van der Waals surface area contributed by atoms with E-state index in [1.54, 1.807) is 7.11 Å². The zero-order chi connectivity index (χ0) is 13.5. The van der Waals surface area contributed by atoms with Gasteiger partial charge in [0.25, 0.3) is 0 Å². The van der Waals surface area contributed by atoms with E-state index in [2.05, 4.69) is 29.4 Å². The number of ether oxygens (including phenoxy) is 1. The quantitative estimate of drug-likeness (QED) is 0.850. The zero-order valence-electron chi connectivity index (χ0n) is 12.2. The Morgan fingerprint density at radius 2 is 2.21 bits per heavy atom. The number of para-hydroxylation sites is 1. The maximum absolute atomic E-state index is 5.40. The van der Waals surface area contributed by atoms with E-state index in [1.165, 1.54) is 38.0 Å². The van der Waals surface area contributed by atoms with Gasteiger partial charge in [-0.1, -0.05) is 18.2 Å². The Labute approximate surface area is 116 Å². The number of hydrogen-bond acceptors (Lipinski definition) is 3. The molecular formula is C16H26N2O. The molecule has 1 heterocycles. The standard InChI is InChI=1S/C16H26N2O/c1-18(13-14-6-5-10-17-12-14)11-9-15-7-3-4-8-16(15)19-2/h3-4,7-8,14,17H,5-6,9-13H2,1-2H3. The predicted molar refractivity (Wildman–Crippen MR) is 79.8 cm³/mol. The molecule has 1 atom stereocenters. The number of piperidine rings is 1. The second-order valence-corrected chi connectivity index (χ2v) is 5.54. The van der Waals surface area contributed by atoms with E-state index in [4.69, 9.17) is 4.74 Å². The monoisotopic (exact) mass is 262 g/mol. The molecule has 0 bridgehead atoms. The summed E-state index contributed by atoms with van der Waals surface area (Å²) in [4.78, 5) is 2.45. The molecule has 0 aromatic heterocycles. The third-order valence-corrected chi connectivity index (χ3v) is 3.92. The first-order chi connectivity index (χ1) is 9.29. The SMILES string of the molecule is COc1ccccc1CCN(C)CC1CCCNC1. The van der Waals surface area contributed by atoms with Crippen LogP contribution in [0.1, 0.15) is 18.4 Å². The van der Waals surface area contributed by atoms with Gasteiger partial charge in [-0.2, -0.15) is 0 Å². The van der Waals surface area contributed by atoms with Crippen molar-refractivity contribution in [3.8, 4) is 5.75 Å². The van der Waals surface area contributed by atoms with E-state index in [0.29, 0.717) is 0 Å². The molecule has 0 spiro atoms. The van der Waals surface area contributed by atoms with Crippen LogP contribution in [0, 0.1) is 5.92 Å². The minimum atomic E-state index is 0.816. The lowest BCUT2D eigenvalue weighted by molar-refractivity contribution is 0.244. The fraction of sp³-hybridized carbons (Fsp3) is 0.625. The number of likely N-dealkylation sites (N-methyl/N-ethyl adjacent to an activating group) is 1. The maximum atomic E-state index is 5.40. The van der Waals surface area contributed by atoms with Gasteiger partial charge >= 0.3 is 0 Å². The first-order valence-corrected chi connectivity index (χ1v) is 7.30. The Bertz CT molecular complexity index is 375. The van der Waals surface area contributed by atoms with Crippen LogP contribution in [0.4, 0.5) is 0 Å². The summed E-state index contributed by atoms with van der Waals surface area (Å²) in [6, 6.07) is 8.32. The minimum absolute atomic E-state index is 0.816. The molecule has 1 N–H and O–H groups in total. The Morgan fingerprint density at radius 1 is 1.37 bits per heavy atom. The molecule has 1 fully saturated rings. The van der Waals surface area contributed by atoms with E-state index in [9.17, 15) is 0 Å². The van der Waals surface area contributed by atoms with Crippen molar-refractivity contribution in [1.82, 2.24) is 10.2 Å². The van der Waals surface area contributed by atoms with E-state index < -0.39 is 0 Å². The third kappa shape index (κ3) is 4.51. The number of rotatable bonds is 6. The van der Waals surface area contributed by atoms with Gasteiger partial charge in [-0.25, -0.2) is 0 Å². The number of methoxy groups -OCH3 is 1. The zero-order valence-corrected chi connectivity index (χ0v) is 12.2. The fourth-order valence-electron chi connectivity index (χ4n) is 2.83. The molecule has 1 unspecified atom stereocenters. The van der Waals surface area contributed by atoms with Crippen molar-refractivity contribution < 1.29 is 4.74 Å². The lowest BCUT2D eigenvalue weighted by Gasteiger charge is -2.27. The van der Waals surface area contributed by atoms with Gasteiger partial charge in [0.1, 0.15) is 5.75 Å². The van der Waals surface area contributed by atoms with Gasteiger partial charge in [0.2, 0.25) is 0 Å². The number of nitrogens with zero attached hydrogens (tertiary/aromatic N) is 1. The topological polar surface area (TPSA) is 24.5 Å². The second-order valence-electron chi connectivity index (χ2n) is 5.54. The number of hydrogen-bond donors (Lipinski definition) is 1. The van der Waals surface area contributed by atoms with Crippen LogP contribution >= 0.6 is 0 Å². The van der Waals surface area contributed by atoms with Crippen molar-refractivity contribution in [1.29, 1.82) is 0 Å². The smallest absolute Gasteiger partial charge is 0.122 e. The Balaban J connectivity index is 1.77. The average molecular weight is 262 g/mol. The molecule has 1 aromatic rings. The summed E-state index contributed by atoms with van der Waals surface area (Å²) in [5, 5.41) is 3.49. The fourth-order valence-corrected chi connectivity index (χ4v) is 2.83. The van der Waals surface area contributed by atoms with Gasteiger partial charge < -0.3 is 15.0 Å². The van der Waals surface area contributed by atoms with E-state index in [0.717, 1.165) is 24.6 Å². The molecule has 19 heavy (non-hydrogen) atoms. The van der Waals surface area contributed by atoms with Crippen LogP contribution in [0.5, 0.6) is 5.75 Å². The average Bonchev–Trinajstić information content (AvgIpc) is 2.46. The van der Waals surface area contributed by atoms with E-state index in [-0.39, 0.29) is 0 Å². The molecule has 3 nitrogen and oxygen atoms in total. The second kappa shape index (κ2) is 7.51.